The maximum atomic E-state index is 8.90. The van der Waals surface area contributed by atoms with Crippen molar-refractivity contribution < 1.29 is 9.84 Å². The minimum absolute atomic E-state index is 0.114. The van der Waals surface area contributed by atoms with Crippen molar-refractivity contribution in [3.63, 3.8) is 0 Å². The first-order valence-corrected chi connectivity index (χ1v) is 7.57. The van der Waals surface area contributed by atoms with E-state index in [2.05, 4.69) is 4.99 Å². The molecule has 0 bridgehead atoms. The number of aliphatic hydroxyl groups excluding tert-OH is 1. The Morgan fingerprint density at radius 1 is 1.23 bits per heavy atom. The molecule has 0 radical (unpaired) electrons. The van der Waals surface area contributed by atoms with Gasteiger partial charge in [-0.15, -0.1) is 0 Å². The van der Waals surface area contributed by atoms with Gasteiger partial charge in [0.1, 0.15) is 11.5 Å². The maximum absolute atomic E-state index is 8.90. The summed E-state index contributed by atoms with van der Waals surface area (Å²) in [4.78, 5) is 9.25. The van der Waals surface area contributed by atoms with Gasteiger partial charge in [-0.1, -0.05) is 24.3 Å². The Kier molecular flexibility index (Phi) is 6.10. The predicted octanol–water partition coefficient (Wildman–Crippen LogP) is 3.38. The van der Waals surface area contributed by atoms with E-state index in [1.165, 1.54) is 0 Å². The monoisotopic (exact) mass is 298 g/mol. The number of aliphatic imine (C=N–C) groups is 2. The number of aliphatic hydroxyl groups is 1. The average molecular weight is 298 g/mol. The molecule has 0 unspecified atom stereocenters. The van der Waals surface area contributed by atoms with Crippen molar-refractivity contribution in [3.8, 4) is 0 Å². The van der Waals surface area contributed by atoms with E-state index in [-0.39, 0.29) is 6.61 Å². The van der Waals surface area contributed by atoms with Gasteiger partial charge in [0.25, 0.3) is 0 Å². The number of rotatable bonds is 6. The van der Waals surface area contributed by atoms with Crippen LogP contribution in [-0.4, -0.2) is 36.3 Å². The molecule has 0 amide bonds. The van der Waals surface area contributed by atoms with Gasteiger partial charge in [-0.2, -0.15) is 0 Å². The van der Waals surface area contributed by atoms with E-state index in [0.29, 0.717) is 25.3 Å². The highest BCUT2D eigenvalue weighted by Gasteiger charge is 2.17. The highest BCUT2D eigenvalue weighted by molar-refractivity contribution is 6.52. The highest BCUT2D eigenvalue weighted by atomic mass is 16.5. The van der Waals surface area contributed by atoms with Crippen molar-refractivity contribution in [2.75, 3.05) is 19.8 Å². The zero-order chi connectivity index (χ0) is 15.8. The number of para-hydroxylation sites is 1. The van der Waals surface area contributed by atoms with Gasteiger partial charge in [-0.3, -0.25) is 4.99 Å². The van der Waals surface area contributed by atoms with Crippen molar-refractivity contribution in [2.45, 2.75) is 20.3 Å². The number of allylic oxidation sites excluding steroid dienone is 4. The highest BCUT2D eigenvalue weighted by Crippen LogP contribution is 2.21. The summed E-state index contributed by atoms with van der Waals surface area (Å²) >= 11 is 0. The summed E-state index contributed by atoms with van der Waals surface area (Å²) in [5.74, 6) is 0.700. The summed E-state index contributed by atoms with van der Waals surface area (Å²) in [6.07, 6.45) is 6.35. The molecular formula is C18H22N2O2. The Morgan fingerprint density at radius 3 is 2.77 bits per heavy atom. The van der Waals surface area contributed by atoms with Crippen molar-refractivity contribution in [1.82, 2.24) is 0 Å². The Hall–Kier alpha value is -2.20. The first-order chi connectivity index (χ1) is 10.8. The van der Waals surface area contributed by atoms with E-state index in [1.54, 1.807) is 0 Å². The minimum Gasteiger partial charge on any atom is -0.491 e. The third kappa shape index (κ3) is 4.15. The summed E-state index contributed by atoms with van der Waals surface area (Å²) < 4.78 is 5.76. The van der Waals surface area contributed by atoms with E-state index < -0.39 is 0 Å². The average Bonchev–Trinajstić information content (AvgIpc) is 2.52. The van der Waals surface area contributed by atoms with Crippen molar-refractivity contribution >= 4 is 17.1 Å². The van der Waals surface area contributed by atoms with Crippen LogP contribution in [0.4, 0.5) is 5.69 Å². The molecule has 0 aromatic heterocycles. The first-order valence-electron chi connectivity index (χ1n) is 7.57. The molecule has 0 atom stereocenters. The number of benzene rings is 1. The number of hydrogen-bond donors (Lipinski definition) is 1. The van der Waals surface area contributed by atoms with Gasteiger partial charge in [-0.25, -0.2) is 4.99 Å². The molecule has 1 N–H and O–H groups in total. The molecule has 1 aliphatic rings. The molecule has 116 valence electrons. The number of aryl methyl sites for hydroxylation is 1. The molecule has 22 heavy (non-hydrogen) atoms. The van der Waals surface area contributed by atoms with E-state index in [1.807, 2.05) is 56.3 Å². The normalized spacial score (nSPS) is 17.9. The third-order valence-corrected chi connectivity index (χ3v) is 3.21. The van der Waals surface area contributed by atoms with Crippen LogP contribution in [0, 0.1) is 6.92 Å². The van der Waals surface area contributed by atoms with Gasteiger partial charge in [-0.05, 0) is 37.6 Å². The van der Waals surface area contributed by atoms with Crippen LogP contribution < -0.4 is 0 Å². The van der Waals surface area contributed by atoms with E-state index >= 15 is 0 Å². The van der Waals surface area contributed by atoms with Gasteiger partial charge >= 0.3 is 0 Å². The number of ether oxygens (including phenoxy) is 1. The Balaban J connectivity index is 2.35. The van der Waals surface area contributed by atoms with Gasteiger partial charge in [0.05, 0.1) is 18.0 Å². The van der Waals surface area contributed by atoms with Crippen LogP contribution in [-0.2, 0) is 4.74 Å². The zero-order valence-electron chi connectivity index (χ0n) is 13.1. The Labute approximate surface area is 131 Å². The summed E-state index contributed by atoms with van der Waals surface area (Å²) in [7, 11) is 0. The molecule has 0 saturated heterocycles. The van der Waals surface area contributed by atoms with Crippen LogP contribution >= 0.6 is 0 Å². The topological polar surface area (TPSA) is 54.2 Å². The van der Waals surface area contributed by atoms with Crippen molar-refractivity contribution in [1.29, 1.82) is 0 Å². The number of nitrogens with zero attached hydrogens (tertiary/aromatic N) is 2. The fourth-order valence-corrected chi connectivity index (χ4v) is 2.09. The smallest absolute Gasteiger partial charge is 0.147 e. The second kappa shape index (κ2) is 8.29. The van der Waals surface area contributed by atoms with Crippen LogP contribution in [0.15, 0.2) is 58.2 Å². The minimum atomic E-state index is 0.114. The molecule has 2 rings (SSSR count). The lowest BCUT2D eigenvalue weighted by Gasteiger charge is -2.16. The molecule has 1 aromatic carbocycles. The SMILES string of the molecule is CC/N=C1\C=CC=C(OCCCO)\C1=N\c1ccccc1C. The largest absolute Gasteiger partial charge is 0.491 e. The fraction of sp³-hybridized carbons (Fsp3) is 0.333. The fourth-order valence-electron chi connectivity index (χ4n) is 2.09. The Morgan fingerprint density at radius 2 is 2.05 bits per heavy atom. The molecule has 0 fully saturated rings. The van der Waals surface area contributed by atoms with Crippen LogP contribution in [0.3, 0.4) is 0 Å². The van der Waals surface area contributed by atoms with Crippen molar-refractivity contribution in [3.05, 3.63) is 53.8 Å². The van der Waals surface area contributed by atoms with Crippen LogP contribution in [0.5, 0.6) is 0 Å². The van der Waals surface area contributed by atoms with Crippen molar-refractivity contribution in [2.24, 2.45) is 9.98 Å². The standard InChI is InChI=1S/C18H22N2O2/c1-3-19-16-10-6-11-17(22-13-7-12-21)18(16)20-15-9-5-4-8-14(15)2/h4-6,8-11,21H,3,7,12-13H2,1-2H3/b19-16+,20-18+. The summed E-state index contributed by atoms with van der Waals surface area (Å²) in [5.41, 5.74) is 3.59. The van der Waals surface area contributed by atoms with Crippen LogP contribution in [0.2, 0.25) is 0 Å². The van der Waals surface area contributed by atoms with Gasteiger partial charge in [0.15, 0.2) is 0 Å². The third-order valence-electron chi connectivity index (χ3n) is 3.21. The van der Waals surface area contributed by atoms with Crippen LogP contribution in [0.1, 0.15) is 18.9 Å². The van der Waals surface area contributed by atoms with E-state index in [9.17, 15) is 0 Å². The van der Waals surface area contributed by atoms with Crippen LogP contribution in [0.25, 0.3) is 0 Å². The van der Waals surface area contributed by atoms with E-state index in [4.69, 9.17) is 14.8 Å². The predicted molar refractivity (Wildman–Crippen MR) is 91.1 cm³/mol. The van der Waals surface area contributed by atoms with Gasteiger partial charge in [0, 0.05) is 19.6 Å². The summed E-state index contributed by atoms with van der Waals surface area (Å²) in [6.45, 7) is 5.30. The molecular weight excluding hydrogens is 276 g/mol. The lowest BCUT2D eigenvalue weighted by molar-refractivity contribution is 0.189. The Bertz CT molecular complexity index is 628. The first kappa shape index (κ1) is 16.2. The van der Waals surface area contributed by atoms with Gasteiger partial charge in [0.2, 0.25) is 0 Å². The molecule has 4 nitrogen and oxygen atoms in total. The lowest BCUT2D eigenvalue weighted by Crippen LogP contribution is -2.20. The molecule has 0 aliphatic heterocycles. The van der Waals surface area contributed by atoms with E-state index in [0.717, 1.165) is 22.7 Å². The summed E-state index contributed by atoms with van der Waals surface area (Å²) in [6, 6.07) is 7.98. The van der Waals surface area contributed by atoms with Gasteiger partial charge < -0.3 is 9.84 Å². The molecule has 1 aliphatic carbocycles. The molecule has 0 saturated carbocycles. The zero-order valence-corrected chi connectivity index (χ0v) is 13.1. The summed E-state index contributed by atoms with van der Waals surface area (Å²) in [5, 5.41) is 8.90. The second-order valence-corrected chi connectivity index (χ2v) is 4.92. The molecule has 1 aromatic rings. The number of hydrogen-bond acceptors (Lipinski definition) is 4. The quantitative estimate of drug-likeness (QED) is 0.646. The molecule has 4 heteroatoms. The molecule has 0 spiro atoms. The lowest BCUT2D eigenvalue weighted by atomic mass is 10.1. The maximum Gasteiger partial charge on any atom is 0.147 e. The second-order valence-electron chi connectivity index (χ2n) is 4.92. The molecule has 0 heterocycles.